The van der Waals surface area contributed by atoms with E-state index in [1.54, 1.807) is 4.90 Å². The summed E-state index contributed by atoms with van der Waals surface area (Å²) in [5.74, 6) is -0.0994. The fraction of sp³-hybridized carbons (Fsp3) is 0.438. The molecule has 6 heteroatoms. The second-order valence-electron chi connectivity index (χ2n) is 11.0. The minimum absolute atomic E-state index is 0.0112. The fourth-order valence-electron chi connectivity index (χ4n) is 4.45. The van der Waals surface area contributed by atoms with Gasteiger partial charge in [-0.1, -0.05) is 81.2 Å². The van der Waals surface area contributed by atoms with E-state index in [1.165, 1.54) is 11.1 Å². The van der Waals surface area contributed by atoms with Crippen LogP contribution in [0.15, 0.2) is 71.3 Å². The molecule has 0 aliphatic rings. The lowest BCUT2D eigenvalue weighted by Gasteiger charge is -2.28. The van der Waals surface area contributed by atoms with E-state index < -0.39 is 0 Å². The fourth-order valence-corrected chi connectivity index (χ4v) is 4.72. The molecule has 2 aromatic carbocycles. The van der Waals surface area contributed by atoms with Gasteiger partial charge in [-0.05, 0) is 65.8 Å². The van der Waals surface area contributed by atoms with Crippen LogP contribution in [0.1, 0.15) is 81.1 Å². The normalized spacial score (nSPS) is 11.4. The van der Waals surface area contributed by atoms with Crippen LogP contribution in [0.3, 0.4) is 0 Å². The number of halogens is 1. The maximum absolute atomic E-state index is 13.6. The van der Waals surface area contributed by atoms with Crippen molar-refractivity contribution in [2.45, 2.75) is 72.4 Å². The third-order valence-corrected chi connectivity index (χ3v) is 7.31. The summed E-state index contributed by atoms with van der Waals surface area (Å²) in [6.45, 7) is 13.2. The molecule has 3 rings (SSSR count). The van der Waals surface area contributed by atoms with Crippen LogP contribution >= 0.6 is 15.9 Å². The number of unbranched alkanes of at least 4 members (excludes halogenated alkanes) is 1. The number of carbonyl (C=O) groups is 2. The van der Waals surface area contributed by atoms with Crippen molar-refractivity contribution in [3.63, 3.8) is 0 Å². The quantitative estimate of drug-likeness (QED) is 0.226. The first-order chi connectivity index (χ1) is 18.1. The van der Waals surface area contributed by atoms with Crippen molar-refractivity contribution in [1.29, 1.82) is 0 Å². The molecular weight excluding hydrogens is 538 g/mol. The van der Waals surface area contributed by atoms with Crippen molar-refractivity contribution in [2.24, 2.45) is 0 Å². The number of hydrogen-bond donors (Lipinski definition) is 0. The lowest BCUT2D eigenvalue weighted by atomic mass is 9.86. The van der Waals surface area contributed by atoms with E-state index in [0.717, 1.165) is 36.0 Å². The van der Waals surface area contributed by atoms with E-state index in [1.807, 2.05) is 54.3 Å². The molecule has 0 saturated carbocycles. The largest absolute Gasteiger partial charge is 0.345 e. The lowest BCUT2D eigenvalue weighted by molar-refractivity contribution is -0.132. The molecule has 1 heterocycles. The van der Waals surface area contributed by atoms with Crippen molar-refractivity contribution in [1.82, 2.24) is 14.4 Å². The first-order valence-electron chi connectivity index (χ1n) is 13.7. The highest BCUT2D eigenvalue weighted by atomic mass is 79.9. The van der Waals surface area contributed by atoms with Crippen LogP contribution in [0.25, 0.3) is 0 Å². The Kier molecular flexibility index (Phi) is 10.8. The Hall–Kier alpha value is -2.86. The third-order valence-electron chi connectivity index (χ3n) is 6.78. The van der Waals surface area contributed by atoms with E-state index in [9.17, 15) is 9.59 Å². The van der Waals surface area contributed by atoms with Gasteiger partial charge >= 0.3 is 0 Å². The predicted molar refractivity (Wildman–Crippen MR) is 159 cm³/mol. The summed E-state index contributed by atoms with van der Waals surface area (Å²) >= 11 is 3.50. The van der Waals surface area contributed by atoms with Crippen molar-refractivity contribution in [2.75, 3.05) is 19.6 Å². The molecule has 0 atom stereocenters. The zero-order valence-corrected chi connectivity index (χ0v) is 25.1. The predicted octanol–water partition coefficient (Wildman–Crippen LogP) is 7.28. The summed E-state index contributed by atoms with van der Waals surface area (Å²) in [5.41, 5.74) is 4.12. The summed E-state index contributed by atoms with van der Waals surface area (Å²) in [6.07, 6.45) is 4.79. The number of nitrogens with zero attached hydrogens (tertiary/aromatic N) is 3. The molecule has 0 spiro atoms. The van der Waals surface area contributed by atoms with Crippen LogP contribution in [0.5, 0.6) is 0 Å². The van der Waals surface area contributed by atoms with Gasteiger partial charge in [0.05, 0.1) is 6.54 Å². The second-order valence-corrected chi connectivity index (χ2v) is 11.9. The second kappa shape index (κ2) is 13.8. The molecule has 5 nitrogen and oxygen atoms in total. The number of carbonyl (C=O) groups excluding carboxylic acids is 2. The monoisotopic (exact) mass is 579 g/mol. The summed E-state index contributed by atoms with van der Waals surface area (Å²) < 4.78 is 3.25. The molecule has 0 saturated heterocycles. The summed E-state index contributed by atoms with van der Waals surface area (Å²) in [4.78, 5) is 30.6. The highest BCUT2D eigenvalue weighted by Crippen LogP contribution is 2.23. The molecule has 38 heavy (non-hydrogen) atoms. The first-order valence-corrected chi connectivity index (χ1v) is 14.5. The van der Waals surface area contributed by atoms with Gasteiger partial charge in [-0.15, -0.1) is 0 Å². The van der Waals surface area contributed by atoms with Crippen LogP contribution in [0, 0.1) is 0 Å². The molecule has 1 aromatic heterocycles. The standard InChI is InChI=1S/C32H42BrN3O2/c1-6-8-20-35(23-29-10-9-21-34(29)22-25-11-17-28(33)18-12-25)30(37)24-36(19-7-2)31(38)26-13-15-27(16-14-26)32(3,4)5/h9-18,21H,6-8,19-20,22-24H2,1-5H3. The van der Waals surface area contributed by atoms with Gasteiger partial charge in [-0.25, -0.2) is 0 Å². The molecule has 0 bridgehead atoms. The Morgan fingerprint density at radius 2 is 1.55 bits per heavy atom. The minimum atomic E-state index is -0.0882. The zero-order valence-electron chi connectivity index (χ0n) is 23.5. The summed E-state index contributed by atoms with van der Waals surface area (Å²) in [5, 5.41) is 0. The van der Waals surface area contributed by atoms with Gasteiger partial charge in [0.25, 0.3) is 5.91 Å². The molecule has 0 radical (unpaired) electrons. The van der Waals surface area contributed by atoms with Gasteiger partial charge in [-0.3, -0.25) is 9.59 Å². The summed E-state index contributed by atoms with van der Waals surface area (Å²) in [6, 6.07) is 20.2. The van der Waals surface area contributed by atoms with Crippen LogP contribution < -0.4 is 0 Å². The first kappa shape index (κ1) is 29.7. The highest BCUT2D eigenvalue weighted by molar-refractivity contribution is 9.10. The van der Waals surface area contributed by atoms with Gasteiger partial charge in [0, 0.05) is 41.6 Å². The highest BCUT2D eigenvalue weighted by Gasteiger charge is 2.23. The van der Waals surface area contributed by atoms with Crippen molar-refractivity contribution < 1.29 is 9.59 Å². The van der Waals surface area contributed by atoms with Gasteiger partial charge in [0.2, 0.25) is 5.91 Å². The molecule has 0 N–H and O–H groups in total. The maximum atomic E-state index is 13.6. The number of hydrogen-bond acceptors (Lipinski definition) is 2. The van der Waals surface area contributed by atoms with Crippen LogP contribution in [-0.4, -0.2) is 45.8 Å². The smallest absolute Gasteiger partial charge is 0.254 e. The summed E-state index contributed by atoms with van der Waals surface area (Å²) in [7, 11) is 0. The number of rotatable bonds is 12. The van der Waals surface area contributed by atoms with Crippen molar-refractivity contribution in [3.8, 4) is 0 Å². The average molecular weight is 581 g/mol. The Morgan fingerprint density at radius 3 is 2.16 bits per heavy atom. The average Bonchev–Trinajstić information content (AvgIpc) is 3.33. The SMILES string of the molecule is CCCCN(Cc1cccn1Cc1ccc(Br)cc1)C(=O)CN(CCC)C(=O)c1ccc(C(C)(C)C)cc1. The number of aromatic nitrogens is 1. The van der Waals surface area contributed by atoms with E-state index in [0.29, 0.717) is 25.2 Å². The molecule has 204 valence electrons. The van der Waals surface area contributed by atoms with E-state index >= 15 is 0 Å². The van der Waals surface area contributed by atoms with Gasteiger partial charge in [-0.2, -0.15) is 0 Å². The molecule has 2 amide bonds. The Bertz CT molecular complexity index is 1180. The third kappa shape index (κ3) is 8.32. The molecule has 3 aromatic rings. The van der Waals surface area contributed by atoms with Crippen molar-refractivity contribution in [3.05, 3.63) is 93.7 Å². The molecular formula is C32H42BrN3O2. The molecule has 0 aliphatic carbocycles. The van der Waals surface area contributed by atoms with Gasteiger partial charge in [0.1, 0.15) is 6.54 Å². The Morgan fingerprint density at radius 1 is 0.868 bits per heavy atom. The van der Waals surface area contributed by atoms with E-state index in [2.05, 4.69) is 72.6 Å². The maximum Gasteiger partial charge on any atom is 0.254 e. The Balaban J connectivity index is 1.74. The van der Waals surface area contributed by atoms with Crippen molar-refractivity contribution >= 4 is 27.7 Å². The molecule has 0 fully saturated rings. The topological polar surface area (TPSA) is 45.6 Å². The van der Waals surface area contributed by atoms with Crippen LogP contribution in [0.4, 0.5) is 0 Å². The van der Waals surface area contributed by atoms with E-state index in [-0.39, 0.29) is 23.8 Å². The minimum Gasteiger partial charge on any atom is -0.345 e. The van der Waals surface area contributed by atoms with Gasteiger partial charge < -0.3 is 14.4 Å². The number of benzene rings is 2. The van der Waals surface area contributed by atoms with Crippen LogP contribution in [-0.2, 0) is 23.3 Å². The zero-order chi connectivity index (χ0) is 27.7. The lowest BCUT2D eigenvalue weighted by Crippen LogP contribution is -2.43. The molecule has 0 aliphatic heterocycles. The van der Waals surface area contributed by atoms with Crippen LogP contribution in [0.2, 0.25) is 0 Å². The van der Waals surface area contributed by atoms with Gasteiger partial charge in [0.15, 0.2) is 0 Å². The number of amides is 2. The Labute approximate surface area is 237 Å². The van der Waals surface area contributed by atoms with E-state index in [4.69, 9.17) is 0 Å². The molecule has 0 unspecified atom stereocenters.